The molecule has 3 aromatic rings. The quantitative estimate of drug-likeness (QED) is 0.770. The highest BCUT2D eigenvalue weighted by Gasteiger charge is 2.17. The molecule has 21 heavy (non-hydrogen) atoms. The van der Waals surface area contributed by atoms with Gasteiger partial charge in [0.2, 0.25) is 0 Å². The summed E-state index contributed by atoms with van der Waals surface area (Å²) in [5, 5.41) is 0.215. The normalized spacial score (nSPS) is 11.0. The van der Waals surface area contributed by atoms with Gasteiger partial charge in [0, 0.05) is 29.8 Å². The van der Waals surface area contributed by atoms with E-state index in [1.165, 1.54) is 24.4 Å². The summed E-state index contributed by atoms with van der Waals surface area (Å²) in [7, 11) is 0. The summed E-state index contributed by atoms with van der Waals surface area (Å²) in [6.07, 6.45) is 1.50. The first kappa shape index (κ1) is 13.5. The molecule has 3 nitrogen and oxygen atoms in total. The van der Waals surface area contributed by atoms with Crippen molar-refractivity contribution in [2.75, 3.05) is 0 Å². The van der Waals surface area contributed by atoms with Crippen molar-refractivity contribution >= 4 is 10.9 Å². The molecule has 108 valence electrons. The van der Waals surface area contributed by atoms with Crippen LogP contribution in [0.2, 0.25) is 0 Å². The maximum absolute atomic E-state index is 14.2. The van der Waals surface area contributed by atoms with Crippen molar-refractivity contribution in [3.05, 3.63) is 59.5 Å². The zero-order chi connectivity index (χ0) is 15.0. The fourth-order valence-corrected chi connectivity index (χ4v) is 2.09. The Morgan fingerprint density at radius 1 is 1.05 bits per heavy atom. The molecule has 0 fully saturated rings. The van der Waals surface area contributed by atoms with Gasteiger partial charge in [-0.05, 0) is 24.3 Å². The topological polar surface area (TPSA) is 51.0 Å². The lowest BCUT2D eigenvalue weighted by Gasteiger charge is -2.10. The molecule has 0 saturated carbocycles. The van der Waals surface area contributed by atoms with Crippen molar-refractivity contribution in [1.29, 1.82) is 0 Å². The fourth-order valence-electron chi connectivity index (χ4n) is 2.09. The summed E-state index contributed by atoms with van der Waals surface area (Å²) in [5.41, 5.74) is 5.92. The summed E-state index contributed by atoms with van der Waals surface area (Å²) in [6.45, 7) is -0.0369. The third-order valence-corrected chi connectivity index (χ3v) is 3.16. The van der Waals surface area contributed by atoms with Crippen LogP contribution in [-0.4, -0.2) is 4.98 Å². The summed E-state index contributed by atoms with van der Waals surface area (Å²) >= 11 is 0. The molecular weight excluding hydrogens is 281 g/mol. The van der Waals surface area contributed by atoms with Crippen LogP contribution >= 0.6 is 0 Å². The number of nitrogens with two attached hydrogens (primary N) is 1. The number of aromatic amines is 1. The van der Waals surface area contributed by atoms with Gasteiger partial charge in [-0.15, -0.1) is 0 Å². The monoisotopic (exact) mass is 292 g/mol. The Morgan fingerprint density at radius 3 is 2.62 bits per heavy atom. The van der Waals surface area contributed by atoms with Crippen LogP contribution in [0.4, 0.5) is 13.2 Å². The van der Waals surface area contributed by atoms with Crippen molar-refractivity contribution in [2.24, 2.45) is 5.73 Å². The number of nitrogens with one attached hydrogen (secondary N) is 1. The van der Waals surface area contributed by atoms with Crippen LogP contribution in [0.1, 0.15) is 5.56 Å². The van der Waals surface area contributed by atoms with Gasteiger partial charge in [0.1, 0.15) is 11.6 Å². The third-order valence-electron chi connectivity index (χ3n) is 3.16. The predicted molar refractivity (Wildman–Crippen MR) is 72.6 cm³/mol. The van der Waals surface area contributed by atoms with Gasteiger partial charge in [-0.2, -0.15) is 0 Å². The van der Waals surface area contributed by atoms with Gasteiger partial charge in [0.15, 0.2) is 17.4 Å². The molecule has 0 saturated heterocycles. The Labute approximate surface area is 118 Å². The average Bonchev–Trinajstić information content (AvgIpc) is 2.93. The Morgan fingerprint density at radius 2 is 1.86 bits per heavy atom. The number of hydrogen-bond acceptors (Lipinski definition) is 2. The van der Waals surface area contributed by atoms with Gasteiger partial charge in [0.25, 0.3) is 0 Å². The molecule has 0 radical (unpaired) electrons. The largest absolute Gasteiger partial charge is 0.451 e. The van der Waals surface area contributed by atoms with Crippen LogP contribution in [0.15, 0.2) is 36.5 Å². The molecule has 6 heteroatoms. The summed E-state index contributed by atoms with van der Waals surface area (Å²) < 4.78 is 46.7. The highest BCUT2D eigenvalue weighted by atomic mass is 19.1. The van der Waals surface area contributed by atoms with E-state index in [1.807, 2.05) is 0 Å². The standard InChI is InChI=1S/C15H11F3N2O/c16-11-2-1-9(5-8(11)7-19)21-15-12(17)6-13-10(14(15)18)3-4-20-13/h1-6,20H,7,19H2. The molecule has 0 unspecified atom stereocenters. The molecule has 1 aromatic heterocycles. The van der Waals surface area contributed by atoms with Crippen LogP contribution in [-0.2, 0) is 6.54 Å². The average molecular weight is 292 g/mol. The molecule has 0 bridgehead atoms. The molecule has 0 aliphatic carbocycles. The first-order chi connectivity index (χ1) is 10.1. The molecule has 0 aliphatic heterocycles. The number of aromatic nitrogens is 1. The third kappa shape index (κ3) is 2.34. The fraction of sp³-hybridized carbons (Fsp3) is 0.0667. The second-order valence-corrected chi connectivity index (χ2v) is 4.50. The predicted octanol–water partition coefficient (Wildman–Crippen LogP) is 3.84. The summed E-state index contributed by atoms with van der Waals surface area (Å²) in [5.74, 6) is -2.57. The molecular formula is C15H11F3N2O. The highest BCUT2D eigenvalue weighted by molar-refractivity contribution is 5.82. The number of rotatable bonds is 3. The molecule has 0 amide bonds. The van der Waals surface area contributed by atoms with E-state index < -0.39 is 23.2 Å². The molecule has 3 N–H and O–H groups in total. The smallest absolute Gasteiger partial charge is 0.199 e. The van der Waals surface area contributed by atoms with Crippen molar-refractivity contribution in [3.63, 3.8) is 0 Å². The minimum atomic E-state index is -0.846. The van der Waals surface area contributed by atoms with Gasteiger partial charge in [-0.3, -0.25) is 0 Å². The van der Waals surface area contributed by atoms with Crippen molar-refractivity contribution in [3.8, 4) is 11.5 Å². The molecule has 3 rings (SSSR count). The van der Waals surface area contributed by atoms with Gasteiger partial charge in [0.05, 0.1) is 5.52 Å². The molecule has 0 aliphatic rings. The Kier molecular flexibility index (Phi) is 3.31. The lowest BCUT2D eigenvalue weighted by atomic mass is 10.2. The van der Waals surface area contributed by atoms with E-state index in [2.05, 4.69) is 4.98 Å². The van der Waals surface area contributed by atoms with Gasteiger partial charge < -0.3 is 15.5 Å². The van der Waals surface area contributed by atoms with Crippen molar-refractivity contribution < 1.29 is 17.9 Å². The van der Waals surface area contributed by atoms with E-state index in [-0.39, 0.29) is 23.2 Å². The van der Waals surface area contributed by atoms with E-state index in [4.69, 9.17) is 10.5 Å². The van der Waals surface area contributed by atoms with Crippen molar-refractivity contribution in [2.45, 2.75) is 6.54 Å². The van der Waals surface area contributed by atoms with Crippen molar-refractivity contribution in [1.82, 2.24) is 4.98 Å². The molecule has 0 atom stereocenters. The molecule has 2 aromatic carbocycles. The Bertz CT molecular complexity index is 814. The van der Waals surface area contributed by atoms with Gasteiger partial charge in [-0.25, -0.2) is 13.2 Å². The number of H-pyrrole nitrogens is 1. The second-order valence-electron chi connectivity index (χ2n) is 4.50. The van der Waals surface area contributed by atoms with Crippen LogP contribution in [0.25, 0.3) is 10.9 Å². The van der Waals surface area contributed by atoms with Gasteiger partial charge in [-0.1, -0.05) is 0 Å². The minimum absolute atomic E-state index is 0.0369. The second kappa shape index (κ2) is 5.14. The van der Waals surface area contributed by atoms with E-state index in [0.29, 0.717) is 5.52 Å². The number of fused-ring (bicyclic) bond motifs is 1. The lowest BCUT2D eigenvalue weighted by molar-refractivity contribution is 0.410. The highest BCUT2D eigenvalue weighted by Crippen LogP contribution is 2.33. The lowest BCUT2D eigenvalue weighted by Crippen LogP contribution is -2.00. The van der Waals surface area contributed by atoms with Crippen LogP contribution < -0.4 is 10.5 Å². The van der Waals surface area contributed by atoms with E-state index in [0.717, 1.165) is 12.1 Å². The zero-order valence-corrected chi connectivity index (χ0v) is 10.8. The molecule has 1 heterocycles. The molecule has 0 spiro atoms. The van der Waals surface area contributed by atoms with Crippen LogP contribution in [0, 0.1) is 17.5 Å². The number of halogens is 3. The van der Waals surface area contributed by atoms with E-state index in [1.54, 1.807) is 0 Å². The van der Waals surface area contributed by atoms with Crippen LogP contribution in [0.5, 0.6) is 11.5 Å². The van der Waals surface area contributed by atoms with Gasteiger partial charge >= 0.3 is 0 Å². The summed E-state index contributed by atoms with van der Waals surface area (Å²) in [4.78, 5) is 2.72. The number of hydrogen-bond donors (Lipinski definition) is 2. The van der Waals surface area contributed by atoms with Crippen LogP contribution in [0.3, 0.4) is 0 Å². The minimum Gasteiger partial charge on any atom is -0.451 e. The number of benzene rings is 2. The van der Waals surface area contributed by atoms with E-state index in [9.17, 15) is 13.2 Å². The maximum atomic E-state index is 14.2. The first-order valence-electron chi connectivity index (χ1n) is 6.21. The zero-order valence-electron chi connectivity index (χ0n) is 10.8. The summed E-state index contributed by atoms with van der Waals surface area (Å²) in [6, 6.07) is 6.36. The first-order valence-corrected chi connectivity index (χ1v) is 6.21. The maximum Gasteiger partial charge on any atom is 0.199 e. The van der Waals surface area contributed by atoms with E-state index >= 15 is 0 Å². The number of ether oxygens (including phenoxy) is 1. The SMILES string of the molecule is NCc1cc(Oc2c(F)cc3[nH]ccc3c2F)ccc1F. The Hall–Kier alpha value is -2.47. The Balaban J connectivity index is 2.05.